The second kappa shape index (κ2) is 6.37. The van der Waals surface area contributed by atoms with Crippen LogP contribution in [0.15, 0.2) is 48.0 Å². The molecule has 7 heteroatoms. The first-order valence-corrected chi connectivity index (χ1v) is 8.17. The van der Waals surface area contributed by atoms with Crippen molar-refractivity contribution >= 4 is 27.5 Å². The molecule has 0 spiro atoms. The van der Waals surface area contributed by atoms with Gasteiger partial charge in [-0.15, -0.1) is 6.58 Å². The number of amides is 1. The van der Waals surface area contributed by atoms with Crippen LogP contribution >= 0.6 is 11.3 Å². The number of carbonyl (C=O) groups excluding carboxylic acids is 1. The number of rotatable bonds is 4. The van der Waals surface area contributed by atoms with Gasteiger partial charge in [-0.2, -0.15) is 4.99 Å². The maximum absolute atomic E-state index is 12.3. The molecule has 124 valence electrons. The zero-order valence-electron chi connectivity index (χ0n) is 13.1. The van der Waals surface area contributed by atoms with Gasteiger partial charge < -0.3 is 14.8 Å². The molecule has 0 unspecified atom stereocenters. The van der Waals surface area contributed by atoms with E-state index in [2.05, 4.69) is 11.6 Å². The molecule has 0 bridgehead atoms. The van der Waals surface area contributed by atoms with Crippen LogP contribution in [-0.2, 0) is 17.9 Å². The molecule has 0 fully saturated rings. The van der Waals surface area contributed by atoms with Crippen LogP contribution in [0.3, 0.4) is 0 Å². The number of nitrogens with zero attached hydrogens (tertiary/aromatic N) is 3. The van der Waals surface area contributed by atoms with E-state index in [1.807, 2.05) is 29.7 Å². The molecule has 0 atom stereocenters. The molecule has 2 N–H and O–H groups in total. The molecule has 0 aliphatic rings. The van der Waals surface area contributed by atoms with Crippen molar-refractivity contribution in [2.24, 2.45) is 4.99 Å². The number of benzene rings is 1. The number of aryl methyl sites for hydroxylation is 1. The lowest BCUT2D eigenvalue weighted by Crippen LogP contribution is -2.18. The topological polar surface area (TPSA) is 79.8 Å². The molecule has 3 rings (SSSR count). The lowest BCUT2D eigenvalue weighted by molar-refractivity contribution is -0.118. The molecule has 2 heterocycles. The molecule has 0 aliphatic heterocycles. The van der Waals surface area contributed by atoms with E-state index < -0.39 is 5.91 Å². The van der Waals surface area contributed by atoms with Crippen LogP contribution in [0.5, 0.6) is 11.8 Å². The molecule has 3 aromatic rings. The SMILES string of the molecule is C=CCn1c(=NC(=O)Cn2c(O)ccc2O)sc2cccc(C)c21. The average Bonchev–Trinajstić information content (AvgIpc) is 3.04. The van der Waals surface area contributed by atoms with Crippen molar-refractivity contribution in [2.45, 2.75) is 20.0 Å². The van der Waals surface area contributed by atoms with E-state index in [0.717, 1.165) is 20.3 Å². The lowest BCUT2D eigenvalue weighted by atomic mass is 10.2. The standard InChI is InChI=1S/C17H17N3O3S/c1-3-9-19-16-11(2)5-4-6-12(16)24-17(19)18-13(21)10-20-14(22)7-8-15(20)23/h3-8,22-23H,1,9-10H2,2H3. The third-order valence-corrected chi connectivity index (χ3v) is 4.71. The number of para-hydroxylation sites is 1. The first-order valence-electron chi connectivity index (χ1n) is 7.36. The number of carbonyl (C=O) groups is 1. The van der Waals surface area contributed by atoms with Crippen LogP contribution in [0, 0.1) is 6.92 Å². The molecule has 1 amide bonds. The molecule has 6 nitrogen and oxygen atoms in total. The molecule has 24 heavy (non-hydrogen) atoms. The van der Waals surface area contributed by atoms with E-state index in [4.69, 9.17) is 0 Å². The van der Waals surface area contributed by atoms with E-state index in [1.54, 1.807) is 6.08 Å². The van der Waals surface area contributed by atoms with Crippen molar-refractivity contribution in [3.05, 3.63) is 53.4 Å². The van der Waals surface area contributed by atoms with Crippen LogP contribution in [-0.4, -0.2) is 25.3 Å². The van der Waals surface area contributed by atoms with Gasteiger partial charge >= 0.3 is 0 Å². The van der Waals surface area contributed by atoms with Crippen molar-refractivity contribution in [3.63, 3.8) is 0 Å². The van der Waals surface area contributed by atoms with Crippen molar-refractivity contribution in [1.82, 2.24) is 9.13 Å². The van der Waals surface area contributed by atoms with Crippen LogP contribution < -0.4 is 4.80 Å². The maximum Gasteiger partial charge on any atom is 0.268 e. The summed E-state index contributed by atoms with van der Waals surface area (Å²) in [4.78, 5) is 17.0. The highest BCUT2D eigenvalue weighted by Crippen LogP contribution is 2.22. The van der Waals surface area contributed by atoms with Crippen LogP contribution in [0.1, 0.15) is 5.56 Å². The summed E-state index contributed by atoms with van der Waals surface area (Å²) in [5, 5.41) is 19.3. The van der Waals surface area contributed by atoms with Gasteiger partial charge in [-0.1, -0.05) is 29.5 Å². The zero-order valence-corrected chi connectivity index (χ0v) is 14.0. The maximum atomic E-state index is 12.3. The smallest absolute Gasteiger partial charge is 0.268 e. The minimum absolute atomic E-state index is 0.179. The summed E-state index contributed by atoms with van der Waals surface area (Å²) in [6, 6.07) is 8.61. The van der Waals surface area contributed by atoms with Crippen molar-refractivity contribution < 1.29 is 15.0 Å². The fourth-order valence-electron chi connectivity index (χ4n) is 2.58. The Morgan fingerprint density at radius 1 is 1.25 bits per heavy atom. The minimum atomic E-state index is -0.459. The van der Waals surface area contributed by atoms with E-state index in [1.165, 1.54) is 23.5 Å². The second-order valence-electron chi connectivity index (χ2n) is 5.35. The largest absolute Gasteiger partial charge is 0.494 e. The fourth-order valence-corrected chi connectivity index (χ4v) is 3.71. The Bertz CT molecular complexity index is 975. The first-order chi connectivity index (χ1) is 11.5. The van der Waals surface area contributed by atoms with Crippen LogP contribution in [0.25, 0.3) is 10.2 Å². The van der Waals surface area contributed by atoms with Gasteiger partial charge in [-0.05, 0) is 18.6 Å². The summed E-state index contributed by atoms with van der Waals surface area (Å²) in [5.74, 6) is -0.816. The van der Waals surface area contributed by atoms with Crippen LogP contribution in [0.2, 0.25) is 0 Å². The predicted molar refractivity (Wildman–Crippen MR) is 93.1 cm³/mol. The predicted octanol–water partition coefficient (Wildman–Crippen LogP) is 2.54. The Balaban J connectivity index is 2.06. The van der Waals surface area contributed by atoms with Gasteiger partial charge in [0.2, 0.25) is 0 Å². The molecule has 2 aromatic heterocycles. The summed E-state index contributed by atoms with van der Waals surface area (Å²) in [6.07, 6.45) is 1.76. The van der Waals surface area contributed by atoms with Gasteiger partial charge in [0, 0.05) is 18.7 Å². The normalized spacial score (nSPS) is 12.0. The number of aromatic hydroxyl groups is 2. The van der Waals surface area contributed by atoms with Gasteiger partial charge in [0.25, 0.3) is 5.91 Å². The van der Waals surface area contributed by atoms with Gasteiger partial charge in [-0.3, -0.25) is 9.36 Å². The molecule has 0 saturated carbocycles. The molecular formula is C17H17N3O3S. The minimum Gasteiger partial charge on any atom is -0.494 e. The number of fused-ring (bicyclic) bond motifs is 1. The summed E-state index contributed by atoms with van der Waals surface area (Å²) >= 11 is 1.42. The van der Waals surface area contributed by atoms with Gasteiger partial charge in [-0.25, -0.2) is 0 Å². The van der Waals surface area contributed by atoms with Gasteiger partial charge in [0.15, 0.2) is 16.6 Å². The Kier molecular flexibility index (Phi) is 4.26. The summed E-state index contributed by atoms with van der Waals surface area (Å²) < 4.78 is 4.08. The average molecular weight is 343 g/mol. The molecule has 1 aromatic carbocycles. The molecular weight excluding hydrogens is 326 g/mol. The molecule has 0 saturated heterocycles. The highest BCUT2D eigenvalue weighted by Gasteiger charge is 2.12. The Labute approximate surface area is 142 Å². The Hall–Kier alpha value is -2.80. The Morgan fingerprint density at radius 2 is 1.96 bits per heavy atom. The Morgan fingerprint density at radius 3 is 2.62 bits per heavy atom. The van der Waals surface area contributed by atoms with E-state index in [-0.39, 0.29) is 18.3 Å². The molecule has 0 radical (unpaired) electrons. The number of hydrogen-bond donors (Lipinski definition) is 2. The van der Waals surface area contributed by atoms with E-state index in [9.17, 15) is 15.0 Å². The van der Waals surface area contributed by atoms with Crippen molar-refractivity contribution in [1.29, 1.82) is 0 Å². The van der Waals surface area contributed by atoms with Gasteiger partial charge in [0.05, 0.1) is 10.2 Å². The number of hydrogen-bond acceptors (Lipinski definition) is 4. The number of allylic oxidation sites excluding steroid dienone is 1. The van der Waals surface area contributed by atoms with Crippen LogP contribution in [0.4, 0.5) is 0 Å². The van der Waals surface area contributed by atoms with Gasteiger partial charge in [0.1, 0.15) is 6.54 Å². The highest BCUT2D eigenvalue weighted by atomic mass is 32.1. The summed E-state index contributed by atoms with van der Waals surface area (Å²) in [6.45, 7) is 6.08. The zero-order chi connectivity index (χ0) is 17.3. The summed E-state index contributed by atoms with van der Waals surface area (Å²) in [5.41, 5.74) is 2.13. The monoisotopic (exact) mass is 343 g/mol. The number of aromatic nitrogens is 2. The number of thiazole rings is 1. The first kappa shape index (κ1) is 16.1. The van der Waals surface area contributed by atoms with Crippen molar-refractivity contribution in [3.8, 4) is 11.8 Å². The van der Waals surface area contributed by atoms with E-state index >= 15 is 0 Å². The fraction of sp³-hybridized carbons (Fsp3) is 0.176. The second-order valence-corrected chi connectivity index (χ2v) is 6.36. The van der Waals surface area contributed by atoms with Crippen molar-refractivity contribution in [2.75, 3.05) is 0 Å². The molecule has 0 aliphatic carbocycles. The lowest BCUT2D eigenvalue weighted by Gasteiger charge is -2.04. The summed E-state index contributed by atoms with van der Waals surface area (Å²) in [7, 11) is 0. The van der Waals surface area contributed by atoms with E-state index in [0.29, 0.717) is 11.3 Å². The quantitative estimate of drug-likeness (QED) is 0.715. The highest BCUT2D eigenvalue weighted by molar-refractivity contribution is 7.16. The third-order valence-electron chi connectivity index (χ3n) is 3.66. The third kappa shape index (κ3) is 2.85.